The number of aryl methyl sites for hydroxylation is 1. The zero-order chi connectivity index (χ0) is 8.55. The van der Waals surface area contributed by atoms with Crippen LogP contribution in [0.25, 0.3) is 11.2 Å². The van der Waals surface area contributed by atoms with Gasteiger partial charge in [-0.15, -0.1) is 0 Å². The summed E-state index contributed by atoms with van der Waals surface area (Å²) in [6.07, 6.45) is 3.13. The van der Waals surface area contributed by atoms with Crippen molar-refractivity contribution < 1.29 is 0 Å². The Bertz CT molecular complexity index is 409. The van der Waals surface area contributed by atoms with E-state index in [4.69, 9.17) is 11.6 Å². The monoisotopic (exact) mass is 182 g/mol. The van der Waals surface area contributed by atoms with E-state index in [1.165, 1.54) is 6.33 Å². The van der Waals surface area contributed by atoms with Crippen LogP contribution in [0.2, 0.25) is 5.15 Å². The second kappa shape index (κ2) is 2.71. The van der Waals surface area contributed by atoms with Crippen molar-refractivity contribution >= 4 is 22.8 Å². The normalized spacial score (nSPS) is 10.8. The molecule has 0 saturated heterocycles. The molecular weight excluding hydrogens is 176 g/mol. The first-order valence-corrected chi connectivity index (χ1v) is 4.02. The minimum absolute atomic E-state index is 0.458. The Hall–Kier alpha value is -1.16. The molecule has 5 heteroatoms. The van der Waals surface area contributed by atoms with Gasteiger partial charge < -0.3 is 4.57 Å². The molecule has 0 amide bonds. The van der Waals surface area contributed by atoms with Crippen LogP contribution in [0.15, 0.2) is 12.7 Å². The van der Waals surface area contributed by atoms with Crippen LogP contribution >= 0.6 is 11.6 Å². The number of hydrogen-bond donors (Lipinski definition) is 0. The van der Waals surface area contributed by atoms with Crippen LogP contribution < -0.4 is 0 Å². The summed E-state index contributed by atoms with van der Waals surface area (Å²) in [7, 11) is 0. The zero-order valence-electron chi connectivity index (χ0n) is 6.53. The van der Waals surface area contributed by atoms with Gasteiger partial charge in [-0.25, -0.2) is 15.0 Å². The van der Waals surface area contributed by atoms with Crippen LogP contribution in [0.5, 0.6) is 0 Å². The molecule has 2 aromatic heterocycles. The van der Waals surface area contributed by atoms with Gasteiger partial charge >= 0.3 is 0 Å². The first kappa shape index (κ1) is 7.49. The Morgan fingerprint density at radius 1 is 1.42 bits per heavy atom. The smallest absolute Gasteiger partial charge is 0.182 e. The molecule has 2 heterocycles. The van der Waals surface area contributed by atoms with E-state index in [1.54, 1.807) is 6.33 Å². The molecule has 0 aliphatic rings. The third-order valence-electron chi connectivity index (χ3n) is 1.71. The zero-order valence-corrected chi connectivity index (χ0v) is 7.28. The van der Waals surface area contributed by atoms with Gasteiger partial charge in [-0.1, -0.05) is 11.6 Å². The van der Waals surface area contributed by atoms with E-state index in [9.17, 15) is 0 Å². The molecule has 62 valence electrons. The lowest BCUT2D eigenvalue weighted by Crippen LogP contribution is -1.93. The van der Waals surface area contributed by atoms with Gasteiger partial charge in [0.1, 0.15) is 11.8 Å². The molecule has 0 fully saturated rings. The van der Waals surface area contributed by atoms with Crippen LogP contribution in [0.1, 0.15) is 6.92 Å². The van der Waals surface area contributed by atoms with Crippen molar-refractivity contribution in [2.45, 2.75) is 13.5 Å². The van der Waals surface area contributed by atoms with E-state index in [0.29, 0.717) is 10.8 Å². The highest BCUT2D eigenvalue weighted by molar-refractivity contribution is 6.33. The average Bonchev–Trinajstić information content (AvgIpc) is 2.49. The van der Waals surface area contributed by atoms with Crippen LogP contribution in [0.3, 0.4) is 0 Å². The molecule has 0 bridgehead atoms. The fourth-order valence-electron chi connectivity index (χ4n) is 1.11. The second-order valence-corrected chi connectivity index (χ2v) is 2.73. The summed E-state index contributed by atoms with van der Waals surface area (Å²) in [5.41, 5.74) is 1.46. The van der Waals surface area contributed by atoms with E-state index in [2.05, 4.69) is 15.0 Å². The Morgan fingerprint density at radius 2 is 2.25 bits per heavy atom. The Balaban J connectivity index is 2.83. The fraction of sp³-hybridized carbons (Fsp3) is 0.286. The Kier molecular flexibility index (Phi) is 1.69. The van der Waals surface area contributed by atoms with Crippen molar-refractivity contribution in [3.63, 3.8) is 0 Å². The van der Waals surface area contributed by atoms with E-state index in [0.717, 1.165) is 12.1 Å². The summed E-state index contributed by atoms with van der Waals surface area (Å²) in [6, 6.07) is 0. The van der Waals surface area contributed by atoms with Gasteiger partial charge in [-0.3, -0.25) is 0 Å². The first-order valence-electron chi connectivity index (χ1n) is 3.64. The summed E-state index contributed by atoms with van der Waals surface area (Å²) in [5, 5.41) is 0.458. The highest BCUT2D eigenvalue weighted by atomic mass is 35.5. The van der Waals surface area contributed by atoms with Gasteiger partial charge in [0, 0.05) is 6.54 Å². The molecule has 0 atom stereocenters. The molecular formula is C7H7ClN4. The van der Waals surface area contributed by atoms with Crippen LogP contribution in [0.4, 0.5) is 0 Å². The summed E-state index contributed by atoms with van der Waals surface area (Å²) in [4.78, 5) is 11.9. The van der Waals surface area contributed by atoms with Crippen molar-refractivity contribution in [2.75, 3.05) is 0 Å². The van der Waals surface area contributed by atoms with Gasteiger partial charge in [-0.2, -0.15) is 0 Å². The largest absolute Gasteiger partial charge is 0.327 e. The molecule has 0 aromatic carbocycles. The maximum atomic E-state index is 5.87. The SMILES string of the molecule is CCn1cnc2ncnc(Cl)c21. The van der Waals surface area contributed by atoms with Crippen molar-refractivity contribution in [3.8, 4) is 0 Å². The van der Waals surface area contributed by atoms with E-state index in [-0.39, 0.29) is 0 Å². The molecule has 0 N–H and O–H groups in total. The Labute approximate surface area is 74.2 Å². The lowest BCUT2D eigenvalue weighted by Gasteiger charge is -1.97. The summed E-state index contributed by atoms with van der Waals surface area (Å²) >= 11 is 5.87. The van der Waals surface area contributed by atoms with Crippen molar-refractivity contribution in [1.29, 1.82) is 0 Å². The number of halogens is 1. The van der Waals surface area contributed by atoms with Crippen LogP contribution in [-0.4, -0.2) is 19.5 Å². The molecule has 0 radical (unpaired) electrons. The molecule has 2 aromatic rings. The topological polar surface area (TPSA) is 43.6 Å². The minimum atomic E-state index is 0.458. The van der Waals surface area contributed by atoms with Gasteiger partial charge in [0.15, 0.2) is 10.8 Å². The molecule has 2 rings (SSSR count). The van der Waals surface area contributed by atoms with E-state index in [1.807, 2.05) is 11.5 Å². The van der Waals surface area contributed by atoms with Crippen LogP contribution in [0, 0.1) is 0 Å². The quantitative estimate of drug-likeness (QED) is 0.628. The summed E-state index contributed by atoms with van der Waals surface area (Å²) < 4.78 is 1.91. The maximum absolute atomic E-state index is 5.87. The first-order chi connectivity index (χ1) is 5.83. The minimum Gasteiger partial charge on any atom is -0.327 e. The highest BCUT2D eigenvalue weighted by Gasteiger charge is 2.06. The predicted octanol–water partition coefficient (Wildman–Crippen LogP) is 1.50. The molecule has 0 aliphatic heterocycles. The van der Waals surface area contributed by atoms with Crippen molar-refractivity contribution in [2.24, 2.45) is 0 Å². The van der Waals surface area contributed by atoms with Gasteiger partial charge in [0.25, 0.3) is 0 Å². The van der Waals surface area contributed by atoms with Crippen molar-refractivity contribution in [3.05, 3.63) is 17.8 Å². The molecule has 0 spiro atoms. The second-order valence-electron chi connectivity index (χ2n) is 2.37. The maximum Gasteiger partial charge on any atom is 0.182 e. The number of nitrogens with zero attached hydrogens (tertiary/aromatic N) is 4. The lowest BCUT2D eigenvalue weighted by atomic mass is 10.5. The fourth-order valence-corrected chi connectivity index (χ4v) is 1.35. The number of hydrogen-bond acceptors (Lipinski definition) is 3. The average molecular weight is 183 g/mol. The lowest BCUT2D eigenvalue weighted by molar-refractivity contribution is 0.785. The van der Waals surface area contributed by atoms with Gasteiger partial charge in [0.2, 0.25) is 0 Å². The third-order valence-corrected chi connectivity index (χ3v) is 1.98. The number of imidazole rings is 1. The number of aromatic nitrogens is 4. The van der Waals surface area contributed by atoms with E-state index < -0.39 is 0 Å². The Morgan fingerprint density at radius 3 is 3.00 bits per heavy atom. The molecule has 0 saturated carbocycles. The standard InChI is InChI=1S/C7H7ClN4/c1-2-12-4-11-7-5(12)6(8)9-3-10-7/h3-4H,2H2,1H3. The third kappa shape index (κ3) is 0.956. The summed E-state index contributed by atoms with van der Waals surface area (Å²) in [5.74, 6) is 0. The number of rotatable bonds is 1. The molecule has 0 aliphatic carbocycles. The summed E-state index contributed by atoms with van der Waals surface area (Å²) in [6.45, 7) is 2.84. The van der Waals surface area contributed by atoms with Crippen LogP contribution in [-0.2, 0) is 6.54 Å². The molecule has 0 unspecified atom stereocenters. The van der Waals surface area contributed by atoms with E-state index >= 15 is 0 Å². The number of fused-ring (bicyclic) bond motifs is 1. The molecule has 4 nitrogen and oxygen atoms in total. The highest BCUT2D eigenvalue weighted by Crippen LogP contribution is 2.17. The van der Waals surface area contributed by atoms with Crippen molar-refractivity contribution in [1.82, 2.24) is 19.5 Å². The van der Waals surface area contributed by atoms with Gasteiger partial charge in [-0.05, 0) is 6.92 Å². The molecule has 12 heavy (non-hydrogen) atoms. The predicted molar refractivity (Wildman–Crippen MR) is 46.0 cm³/mol. The van der Waals surface area contributed by atoms with Gasteiger partial charge in [0.05, 0.1) is 6.33 Å².